The van der Waals surface area contributed by atoms with Crippen LogP contribution >= 0.6 is 0 Å². The van der Waals surface area contributed by atoms with Gasteiger partial charge in [-0.3, -0.25) is 4.98 Å². The van der Waals surface area contributed by atoms with Gasteiger partial charge in [0.1, 0.15) is 11.3 Å². The van der Waals surface area contributed by atoms with Gasteiger partial charge in [0.2, 0.25) is 0 Å². The second kappa shape index (κ2) is 8.08. The Hall–Kier alpha value is -2.77. The fourth-order valence-electron chi connectivity index (χ4n) is 3.40. The van der Waals surface area contributed by atoms with Crippen molar-refractivity contribution in [2.45, 2.75) is 12.8 Å². The predicted octanol–water partition coefficient (Wildman–Crippen LogP) is 2.98. The van der Waals surface area contributed by atoms with Crippen molar-refractivity contribution >= 4 is 16.9 Å². The van der Waals surface area contributed by atoms with Gasteiger partial charge in [0.05, 0.1) is 25.3 Å². The Bertz CT molecular complexity index is 973. The van der Waals surface area contributed by atoms with E-state index in [0.717, 1.165) is 41.1 Å². The van der Waals surface area contributed by atoms with Crippen molar-refractivity contribution in [3.05, 3.63) is 42.1 Å². The largest absolute Gasteiger partial charge is 0.508 e. The van der Waals surface area contributed by atoms with Gasteiger partial charge in [-0.25, -0.2) is 9.97 Å². The number of rotatable bonds is 5. The molecule has 0 spiro atoms. The summed E-state index contributed by atoms with van der Waals surface area (Å²) in [5.74, 6) is 1.78. The van der Waals surface area contributed by atoms with E-state index in [1.807, 2.05) is 12.3 Å². The number of phenolic OH excluding ortho intramolecular Hbond substituents is 1. The Balaban J connectivity index is 1.86. The van der Waals surface area contributed by atoms with Crippen molar-refractivity contribution in [3.63, 3.8) is 0 Å². The zero-order chi connectivity index (χ0) is 19.5. The molecular formula is C21H24N4O3. The number of ether oxygens (including phenoxy) is 2. The molecule has 0 amide bonds. The summed E-state index contributed by atoms with van der Waals surface area (Å²) in [5, 5.41) is 9.87. The first-order chi connectivity index (χ1) is 13.7. The summed E-state index contributed by atoms with van der Waals surface area (Å²) < 4.78 is 10.8. The van der Waals surface area contributed by atoms with Crippen LogP contribution in [0.1, 0.15) is 18.4 Å². The van der Waals surface area contributed by atoms with Crippen LogP contribution in [-0.2, 0) is 9.47 Å². The van der Waals surface area contributed by atoms with Gasteiger partial charge in [-0.2, -0.15) is 0 Å². The Labute approximate surface area is 164 Å². The minimum absolute atomic E-state index is 0.190. The van der Waals surface area contributed by atoms with E-state index in [0.29, 0.717) is 25.6 Å². The maximum absolute atomic E-state index is 9.87. The average molecular weight is 380 g/mol. The molecule has 0 radical (unpaired) electrons. The van der Waals surface area contributed by atoms with Crippen molar-refractivity contribution in [1.82, 2.24) is 15.0 Å². The number of anilines is 1. The Morgan fingerprint density at radius 1 is 1.21 bits per heavy atom. The third kappa shape index (κ3) is 3.76. The van der Waals surface area contributed by atoms with Crippen molar-refractivity contribution in [3.8, 4) is 17.1 Å². The molecule has 0 aliphatic carbocycles. The van der Waals surface area contributed by atoms with E-state index in [-0.39, 0.29) is 11.7 Å². The number of methoxy groups -OCH3 is 1. The van der Waals surface area contributed by atoms with Gasteiger partial charge in [-0.15, -0.1) is 0 Å². The molecule has 1 saturated heterocycles. The topological polar surface area (TPSA) is 80.6 Å². The summed E-state index contributed by atoms with van der Waals surface area (Å²) in [4.78, 5) is 16.5. The molecule has 7 nitrogen and oxygen atoms in total. The normalized spacial score (nSPS) is 15.7. The second-order valence-electron chi connectivity index (χ2n) is 7.01. The van der Waals surface area contributed by atoms with Crippen LogP contribution in [0.4, 0.5) is 5.82 Å². The molecule has 2 aromatic heterocycles. The van der Waals surface area contributed by atoms with Crippen LogP contribution in [0.15, 0.2) is 36.5 Å². The number of hydrogen-bond donors (Lipinski definition) is 1. The zero-order valence-corrected chi connectivity index (χ0v) is 16.1. The van der Waals surface area contributed by atoms with E-state index in [1.165, 1.54) is 0 Å². The summed E-state index contributed by atoms with van der Waals surface area (Å²) in [7, 11) is 1.70. The molecule has 4 rings (SSSR count). The summed E-state index contributed by atoms with van der Waals surface area (Å²) in [6, 6.07) is 9.06. The first kappa shape index (κ1) is 18.6. The number of fused-ring (bicyclic) bond motifs is 1. The van der Waals surface area contributed by atoms with E-state index >= 15 is 0 Å². The maximum atomic E-state index is 9.87. The van der Waals surface area contributed by atoms with Crippen LogP contribution < -0.4 is 4.90 Å². The molecule has 1 atom stereocenters. The molecule has 7 heteroatoms. The molecule has 3 heterocycles. The molecule has 1 N–H and O–H groups in total. The fraction of sp³-hybridized carbons (Fsp3) is 0.381. The van der Waals surface area contributed by atoms with Crippen molar-refractivity contribution in [2.24, 2.45) is 0 Å². The van der Waals surface area contributed by atoms with Gasteiger partial charge in [-0.05, 0) is 23.8 Å². The third-order valence-corrected chi connectivity index (χ3v) is 4.94. The third-order valence-electron chi connectivity index (χ3n) is 4.94. The van der Waals surface area contributed by atoms with E-state index in [2.05, 4.69) is 17.9 Å². The van der Waals surface area contributed by atoms with E-state index < -0.39 is 0 Å². The van der Waals surface area contributed by atoms with Gasteiger partial charge < -0.3 is 19.5 Å². The zero-order valence-electron chi connectivity index (χ0n) is 16.1. The van der Waals surface area contributed by atoms with Crippen LogP contribution in [-0.4, -0.2) is 60.1 Å². The molecule has 1 fully saturated rings. The Kier molecular flexibility index (Phi) is 5.36. The van der Waals surface area contributed by atoms with E-state index in [1.54, 1.807) is 25.3 Å². The second-order valence-corrected chi connectivity index (χ2v) is 7.01. The van der Waals surface area contributed by atoms with Gasteiger partial charge in [-0.1, -0.05) is 19.1 Å². The fourth-order valence-corrected chi connectivity index (χ4v) is 3.40. The number of benzene rings is 1. The first-order valence-electron chi connectivity index (χ1n) is 9.44. The molecule has 0 bridgehead atoms. The highest BCUT2D eigenvalue weighted by Crippen LogP contribution is 2.29. The highest BCUT2D eigenvalue weighted by atomic mass is 16.5. The summed E-state index contributed by atoms with van der Waals surface area (Å²) in [6.45, 7) is 5.57. The number of phenols is 1. The van der Waals surface area contributed by atoms with Crippen LogP contribution in [0.25, 0.3) is 22.4 Å². The quantitative estimate of drug-likeness (QED) is 0.729. The lowest BCUT2D eigenvalue weighted by Crippen LogP contribution is -2.37. The van der Waals surface area contributed by atoms with Gasteiger partial charge in [0, 0.05) is 37.9 Å². The molecule has 0 saturated carbocycles. The highest BCUT2D eigenvalue weighted by molar-refractivity contribution is 5.88. The van der Waals surface area contributed by atoms with Gasteiger partial charge in [0.15, 0.2) is 11.6 Å². The first-order valence-corrected chi connectivity index (χ1v) is 9.44. The lowest BCUT2D eigenvalue weighted by Gasteiger charge is -2.28. The minimum atomic E-state index is 0.190. The SMILES string of the molecule is COCC(C)c1cnc2c(N3CCOCC3)nc(-c3cccc(O)c3)nc2c1. The molecule has 1 unspecified atom stereocenters. The summed E-state index contributed by atoms with van der Waals surface area (Å²) in [5.41, 5.74) is 3.41. The van der Waals surface area contributed by atoms with E-state index in [9.17, 15) is 5.11 Å². The lowest BCUT2D eigenvalue weighted by atomic mass is 10.0. The molecule has 1 aliphatic rings. The summed E-state index contributed by atoms with van der Waals surface area (Å²) >= 11 is 0. The van der Waals surface area contributed by atoms with Crippen molar-refractivity contribution in [1.29, 1.82) is 0 Å². The van der Waals surface area contributed by atoms with Crippen LogP contribution in [0.2, 0.25) is 0 Å². The van der Waals surface area contributed by atoms with Crippen molar-refractivity contribution in [2.75, 3.05) is 44.9 Å². The number of aromatic nitrogens is 3. The van der Waals surface area contributed by atoms with E-state index in [4.69, 9.17) is 24.4 Å². The number of hydrogen-bond acceptors (Lipinski definition) is 7. The van der Waals surface area contributed by atoms with Crippen LogP contribution in [0.3, 0.4) is 0 Å². The Morgan fingerprint density at radius 3 is 2.79 bits per heavy atom. The molecule has 3 aromatic rings. The van der Waals surface area contributed by atoms with Crippen LogP contribution in [0, 0.1) is 0 Å². The smallest absolute Gasteiger partial charge is 0.162 e. The van der Waals surface area contributed by atoms with Gasteiger partial charge in [0.25, 0.3) is 0 Å². The highest BCUT2D eigenvalue weighted by Gasteiger charge is 2.20. The molecule has 146 valence electrons. The number of morpholine rings is 1. The monoisotopic (exact) mass is 380 g/mol. The van der Waals surface area contributed by atoms with Crippen LogP contribution in [0.5, 0.6) is 5.75 Å². The van der Waals surface area contributed by atoms with Crippen molar-refractivity contribution < 1.29 is 14.6 Å². The Morgan fingerprint density at radius 2 is 2.04 bits per heavy atom. The average Bonchev–Trinajstić information content (AvgIpc) is 2.73. The number of pyridine rings is 1. The lowest BCUT2D eigenvalue weighted by molar-refractivity contribution is 0.122. The molecular weight excluding hydrogens is 356 g/mol. The summed E-state index contributed by atoms with van der Waals surface area (Å²) in [6.07, 6.45) is 1.88. The van der Waals surface area contributed by atoms with Gasteiger partial charge >= 0.3 is 0 Å². The molecule has 1 aromatic carbocycles. The minimum Gasteiger partial charge on any atom is -0.508 e. The predicted molar refractivity (Wildman–Crippen MR) is 108 cm³/mol. The molecule has 28 heavy (non-hydrogen) atoms. The number of aromatic hydroxyl groups is 1. The maximum Gasteiger partial charge on any atom is 0.162 e. The standard InChI is InChI=1S/C21H24N4O3/c1-14(13-27-2)16-11-18-19(22-12-16)21(25-6-8-28-9-7-25)24-20(23-18)15-4-3-5-17(26)10-15/h3-5,10-12,14,26H,6-9,13H2,1-2H3. The number of nitrogens with zero attached hydrogens (tertiary/aromatic N) is 4. The molecule has 1 aliphatic heterocycles.